The highest BCUT2D eigenvalue weighted by Crippen LogP contribution is 2.26. The van der Waals surface area contributed by atoms with Crippen molar-refractivity contribution >= 4 is 23.5 Å². The number of nitrogens with zero attached hydrogens (tertiary/aromatic N) is 1. The summed E-state index contributed by atoms with van der Waals surface area (Å²) in [5.74, 6) is -1.97. The second-order valence-electron chi connectivity index (χ2n) is 3.80. The molecule has 1 saturated heterocycles. The van der Waals surface area contributed by atoms with Crippen molar-refractivity contribution in [3.8, 4) is 5.75 Å². The van der Waals surface area contributed by atoms with Crippen LogP contribution in [-0.4, -0.2) is 24.2 Å². The summed E-state index contributed by atoms with van der Waals surface area (Å²) in [6.45, 7) is 0. The Morgan fingerprint density at radius 1 is 1.10 bits per heavy atom. The minimum atomic E-state index is -4.83. The Balaban J connectivity index is 2.19. The first kappa shape index (κ1) is 13.8. The van der Waals surface area contributed by atoms with Gasteiger partial charge in [0, 0.05) is 0 Å². The molecule has 1 aliphatic heterocycles. The molecule has 9 heteroatoms. The highest BCUT2D eigenvalue weighted by atomic mass is 19.4. The van der Waals surface area contributed by atoms with Crippen LogP contribution in [0.2, 0.25) is 0 Å². The third-order valence-electron chi connectivity index (χ3n) is 2.34. The first-order valence-corrected chi connectivity index (χ1v) is 5.29. The van der Waals surface area contributed by atoms with E-state index in [4.69, 9.17) is 0 Å². The lowest BCUT2D eigenvalue weighted by molar-refractivity contribution is -0.274. The van der Waals surface area contributed by atoms with Gasteiger partial charge in [-0.05, 0) is 24.3 Å². The van der Waals surface area contributed by atoms with Crippen molar-refractivity contribution in [1.82, 2.24) is 5.32 Å². The lowest BCUT2D eigenvalue weighted by Gasteiger charge is -2.24. The van der Waals surface area contributed by atoms with Gasteiger partial charge in [0.05, 0.1) is 5.69 Å². The smallest absolute Gasteiger partial charge is 0.406 e. The molecule has 1 fully saturated rings. The van der Waals surface area contributed by atoms with E-state index in [9.17, 15) is 27.6 Å². The van der Waals surface area contributed by atoms with Gasteiger partial charge >= 0.3 is 12.4 Å². The molecule has 106 valence electrons. The molecule has 4 amide bonds. The molecule has 6 nitrogen and oxygen atoms in total. The molecule has 1 aromatic carbocycles. The molecular formula is C11H7F3N2O4. The summed E-state index contributed by atoms with van der Waals surface area (Å²) in [6, 6.07) is 3.18. The maximum absolute atomic E-state index is 12.0. The average molecular weight is 288 g/mol. The van der Waals surface area contributed by atoms with E-state index in [1.807, 2.05) is 5.32 Å². The van der Waals surface area contributed by atoms with Gasteiger partial charge in [-0.2, -0.15) is 0 Å². The lowest BCUT2D eigenvalue weighted by Crippen LogP contribution is -2.52. The van der Waals surface area contributed by atoms with E-state index in [1.165, 1.54) is 0 Å². The summed E-state index contributed by atoms with van der Waals surface area (Å²) in [4.78, 5) is 34.7. The number of alkyl halides is 3. The van der Waals surface area contributed by atoms with E-state index >= 15 is 0 Å². The number of nitrogens with one attached hydrogen (secondary N) is 1. The predicted molar refractivity (Wildman–Crippen MR) is 58.8 cm³/mol. The van der Waals surface area contributed by atoms with Crippen LogP contribution >= 0.6 is 0 Å². The number of imide groups is 2. The van der Waals surface area contributed by atoms with E-state index in [0.29, 0.717) is 4.90 Å². The molecule has 1 aliphatic rings. The fourth-order valence-electron chi connectivity index (χ4n) is 1.61. The third-order valence-corrected chi connectivity index (χ3v) is 2.34. The van der Waals surface area contributed by atoms with Crippen molar-refractivity contribution in [2.45, 2.75) is 12.8 Å². The van der Waals surface area contributed by atoms with Gasteiger partial charge in [-0.3, -0.25) is 14.9 Å². The molecule has 0 bridgehead atoms. The van der Waals surface area contributed by atoms with Gasteiger partial charge in [0.2, 0.25) is 11.8 Å². The highest BCUT2D eigenvalue weighted by molar-refractivity contribution is 6.26. The fourth-order valence-corrected chi connectivity index (χ4v) is 1.61. The predicted octanol–water partition coefficient (Wildman–Crippen LogP) is 1.56. The van der Waals surface area contributed by atoms with Gasteiger partial charge in [0.1, 0.15) is 12.2 Å². The second kappa shape index (κ2) is 4.83. The van der Waals surface area contributed by atoms with Crippen molar-refractivity contribution in [2.24, 2.45) is 0 Å². The number of hydrogen-bond donors (Lipinski definition) is 1. The molecule has 0 spiro atoms. The Bertz CT molecular complexity index is 548. The van der Waals surface area contributed by atoms with E-state index in [-0.39, 0.29) is 5.69 Å². The number of amides is 4. The minimum Gasteiger partial charge on any atom is -0.406 e. The Morgan fingerprint density at radius 3 is 2.20 bits per heavy atom. The SMILES string of the molecule is O=C1CC(=O)N(c2ccc(OC(F)(F)F)cc2)C(=O)N1. The zero-order valence-electron chi connectivity index (χ0n) is 9.73. The number of carbonyl (C=O) groups is 3. The summed E-state index contributed by atoms with van der Waals surface area (Å²) in [6.07, 6.45) is -5.33. The van der Waals surface area contributed by atoms with Crippen LogP contribution in [0.3, 0.4) is 0 Å². The van der Waals surface area contributed by atoms with Crippen molar-refractivity contribution in [3.05, 3.63) is 24.3 Å². The maximum Gasteiger partial charge on any atom is 0.573 e. The van der Waals surface area contributed by atoms with Crippen molar-refractivity contribution < 1.29 is 32.3 Å². The minimum absolute atomic E-state index is 0.0366. The van der Waals surface area contributed by atoms with E-state index in [0.717, 1.165) is 24.3 Å². The second-order valence-corrected chi connectivity index (χ2v) is 3.80. The fraction of sp³-hybridized carbons (Fsp3) is 0.182. The maximum atomic E-state index is 12.0. The average Bonchev–Trinajstić information content (AvgIpc) is 2.28. The summed E-state index contributed by atoms with van der Waals surface area (Å²) in [5.41, 5.74) is 0.0366. The zero-order chi connectivity index (χ0) is 14.9. The number of ether oxygens (including phenoxy) is 1. The summed E-state index contributed by atoms with van der Waals surface area (Å²) < 4.78 is 39.6. The van der Waals surface area contributed by atoms with Crippen LogP contribution in [-0.2, 0) is 9.59 Å². The normalized spacial score (nSPS) is 16.1. The van der Waals surface area contributed by atoms with Gasteiger partial charge in [0.25, 0.3) is 0 Å². The molecule has 0 aliphatic carbocycles. The topological polar surface area (TPSA) is 75.7 Å². The van der Waals surface area contributed by atoms with Gasteiger partial charge in [-0.1, -0.05) is 0 Å². The zero-order valence-corrected chi connectivity index (χ0v) is 9.73. The number of carbonyl (C=O) groups excluding carboxylic acids is 3. The molecule has 0 atom stereocenters. The van der Waals surface area contributed by atoms with E-state index in [2.05, 4.69) is 4.74 Å². The standard InChI is InChI=1S/C11H7F3N2O4/c12-11(13,14)20-7-3-1-6(2-4-7)16-9(18)5-8(17)15-10(16)19/h1-4H,5H2,(H,15,17,19). The number of urea groups is 1. The number of rotatable bonds is 2. The summed E-state index contributed by atoms with van der Waals surface area (Å²) in [7, 11) is 0. The van der Waals surface area contributed by atoms with Crippen LogP contribution in [0.25, 0.3) is 0 Å². The summed E-state index contributed by atoms with van der Waals surface area (Å²) in [5, 5.41) is 1.93. The molecular weight excluding hydrogens is 281 g/mol. The Hall–Kier alpha value is -2.58. The van der Waals surface area contributed by atoms with Crippen LogP contribution in [0.5, 0.6) is 5.75 Å². The number of hydrogen-bond acceptors (Lipinski definition) is 4. The van der Waals surface area contributed by atoms with Crippen LogP contribution in [0, 0.1) is 0 Å². The lowest BCUT2D eigenvalue weighted by atomic mass is 10.2. The third kappa shape index (κ3) is 3.05. The number of anilines is 1. The molecule has 20 heavy (non-hydrogen) atoms. The quantitative estimate of drug-likeness (QED) is 0.838. The van der Waals surface area contributed by atoms with Gasteiger partial charge < -0.3 is 4.74 Å². The number of halogens is 3. The van der Waals surface area contributed by atoms with E-state index in [1.54, 1.807) is 0 Å². The van der Waals surface area contributed by atoms with Gasteiger partial charge in [-0.15, -0.1) is 13.2 Å². The molecule has 1 aromatic rings. The van der Waals surface area contributed by atoms with Crippen LogP contribution in [0.15, 0.2) is 24.3 Å². The van der Waals surface area contributed by atoms with Crippen molar-refractivity contribution in [2.75, 3.05) is 4.90 Å². The molecule has 0 saturated carbocycles. The Labute approximate surface area is 110 Å². The first-order chi connectivity index (χ1) is 9.26. The highest BCUT2D eigenvalue weighted by Gasteiger charge is 2.33. The summed E-state index contributed by atoms with van der Waals surface area (Å²) >= 11 is 0. The Kier molecular flexibility index (Phi) is 3.35. The largest absolute Gasteiger partial charge is 0.573 e. The molecule has 0 aromatic heterocycles. The number of benzene rings is 1. The van der Waals surface area contributed by atoms with Crippen LogP contribution < -0.4 is 15.0 Å². The van der Waals surface area contributed by atoms with Gasteiger partial charge in [0.15, 0.2) is 0 Å². The van der Waals surface area contributed by atoms with Crippen molar-refractivity contribution in [1.29, 1.82) is 0 Å². The first-order valence-electron chi connectivity index (χ1n) is 5.29. The monoisotopic (exact) mass is 288 g/mol. The molecule has 0 radical (unpaired) electrons. The van der Waals surface area contributed by atoms with Gasteiger partial charge in [-0.25, -0.2) is 9.69 Å². The molecule has 1 N–H and O–H groups in total. The molecule has 2 rings (SSSR count). The van der Waals surface area contributed by atoms with E-state index < -0.39 is 36.4 Å². The molecule has 1 heterocycles. The van der Waals surface area contributed by atoms with Crippen LogP contribution in [0.1, 0.15) is 6.42 Å². The van der Waals surface area contributed by atoms with Crippen molar-refractivity contribution in [3.63, 3.8) is 0 Å². The van der Waals surface area contributed by atoms with Crippen LogP contribution in [0.4, 0.5) is 23.7 Å². The Morgan fingerprint density at radius 2 is 1.70 bits per heavy atom. The number of barbiturate groups is 1. The molecule has 0 unspecified atom stereocenters.